The van der Waals surface area contributed by atoms with E-state index in [1.807, 2.05) is 0 Å². The molecule has 2 amide bonds. The average molecular weight is 517 g/mol. The maximum absolute atomic E-state index is 13.2. The summed E-state index contributed by atoms with van der Waals surface area (Å²) in [6.07, 6.45) is -0.323. The summed E-state index contributed by atoms with van der Waals surface area (Å²) in [6, 6.07) is 9.81. The van der Waals surface area contributed by atoms with E-state index in [-0.39, 0.29) is 36.7 Å². The maximum atomic E-state index is 13.2. The summed E-state index contributed by atoms with van der Waals surface area (Å²) in [5.74, 6) is -1.12. The second-order valence-corrected chi connectivity index (χ2v) is 8.63. The van der Waals surface area contributed by atoms with Gasteiger partial charge in [-0.2, -0.15) is 0 Å². The van der Waals surface area contributed by atoms with Crippen LogP contribution in [0.15, 0.2) is 48.5 Å². The lowest BCUT2D eigenvalue weighted by molar-refractivity contribution is -0.135. The van der Waals surface area contributed by atoms with E-state index in [2.05, 4.69) is 16.0 Å². The Kier molecular flexibility index (Phi) is 11.6. The van der Waals surface area contributed by atoms with Gasteiger partial charge in [-0.3, -0.25) is 15.0 Å². The van der Waals surface area contributed by atoms with Gasteiger partial charge in [0.15, 0.2) is 12.2 Å². The van der Waals surface area contributed by atoms with E-state index in [1.165, 1.54) is 31.4 Å². The molecule has 4 unspecified atom stereocenters. The van der Waals surface area contributed by atoms with Crippen LogP contribution in [-0.4, -0.2) is 71.2 Å². The molecule has 0 heterocycles. The smallest absolute Gasteiger partial charge is 0.242 e. The van der Waals surface area contributed by atoms with Crippen LogP contribution in [-0.2, 0) is 27.2 Å². The number of amides is 2. The Morgan fingerprint density at radius 3 is 2.00 bits per heavy atom. The molecule has 2 aromatic rings. The van der Waals surface area contributed by atoms with Gasteiger partial charge in [-0.15, -0.1) is 0 Å². The van der Waals surface area contributed by atoms with Gasteiger partial charge in [-0.1, -0.05) is 24.3 Å². The van der Waals surface area contributed by atoms with Crippen molar-refractivity contribution in [2.75, 3.05) is 13.7 Å². The average Bonchev–Trinajstić information content (AvgIpc) is 2.87. The summed E-state index contributed by atoms with van der Waals surface area (Å²) in [5.41, 5.74) is 12.9. The minimum atomic E-state index is -1.33. The normalized spacial score (nSPS) is 14.1. The first-order valence-corrected chi connectivity index (χ1v) is 11.8. The van der Waals surface area contributed by atoms with Crippen molar-refractivity contribution in [1.29, 1.82) is 5.41 Å². The molecule has 0 radical (unpaired) electrons. The molecule has 0 aliphatic heterocycles. The van der Waals surface area contributed by atoms with E-state index in [0.29, 0.717) is 13.0 Å². The lowest BCUT2D eigenvalue weighted by atomic mass is 10.0. The number of benzene rings is 2. The number of rotatable bonds is 14. The van der Waals surface area contributed by atoms with Gasteiger partial charge in [0.1, 0.15) is 17.5 Å². The van der Waals surface area contributed by atoms with Crippen molar-refractivity contribution < 1.29 is 29.6 Å². The second kappa shape index (κ2) is 14.6. The van der Waals surface area contributed by atoms with E-state index in [9.17, 15) is 24.9 Å². The Hall–Kier alpha value is -3.87. The number of nitrogens with one attached hydrogen (secondary N) is 4. The zero-order chi connectivity index (χ0) is 27.4. The first-order chi connectivity index (χ1) is 17.6. The fourth-order valence-corrected chi connectivity index (χ4v) is 3.61. The Morgan fingerprint density at radius 2 is 1.49 bits per heavy atom. The van der Waals surface area contributed by atoms with E-state index in [1.54, 1.807) is 24.3 Å². The van der Waals surface area contributed by atoms with Gasteiger partial charge in [0.05, 0.1) is 12.1 Å². The Labute approximate surface area is 215 Å². The van der Waals surface area contributed by atoms with Crippen LogP contribution in [0.3, 0.4) is 0 Å². The van der Waals surface area contributed by atoms with Crippen molar-refractivity contribution in [2.24, 2.45) is 11.5 Å². The molecule has 0 fully saturated rings. The summed E-state index contributed by atoms with van der Waals surface area (Å²) >= 11 is 0. The number of carbonyl (C=O) groups is 2. The number of hydrogen-bond acceptors (Lipinski definition) is 8. The third-order valence-corrected chi connectivity index (χ3v) is 5.65. The van der Waals surface area contributed by atoms with Crippen molar-refractivity contribution >= 4 is 17.8 Å². The van der Waals surface area contributed by atoms with Crippen molar-refractivity contribution in [3.8, 4) is 11.5 Å². The topological polar surface area (TPSA) is 216 Å². The third-order valence-electron chi connectivity index (χ3n) is 5.65. The number of ether oxygens (including phenoxy) is 1. The van der Waals surface area contributed by atoms with Crippen molar-refractivity contribution in [1.82, 2.24) is 16.0 Å². The Morgan fingerprint density at radius 1 is 0.946 bits per heavy atom. The predicted molar refractivity (Wildman–Crippen MR) is 138 cm³/mol. The molecule has 4 atom stereocenters. The molecule has 0 saturated heterocycles. The molecule has 0 aliphatic carbocycles. The van der Waals surface area contributed by atoms with Gasteiger partial charge < -0.3 is 47.5 Å². The molecule has 12 heteroatoms. The minimum absolute atomic E-state index is 0.0854. The van der Waals surface area contributed by atoms with Crippen LogP contribution in [0.5, 0.6) is 11.5 Å². The monoisotopic (exact) mass is 516 g/mol. The van der Waals surface area contributed by atoms with Crippen molar-refractivity contribution in [3.05, 3.63) is 59.7 Å². The zero-order valence-electron chi connectivity index (χ0n) is 20.7. The van der Waals surface area contributed by atoms with E-state index in [4.69, 9.17) is 21.6 Å². The highest BCUT2D eigenvalue weighted by atomic mass is 16.6. The first-order valence-electron chi connectivity index (χ1n) is 11.8. The van der Waals surface area contributed by atoms with E-state index in [0.717, 1.165) is 11.1 Å². The van der Waals surface area contributed by atoms with Gasteiger partial charge >= 0.3 is 0 Å². The molecule has 0 aliphatic rings. The molecule has 37 heavy (non-hydrogen) atoms. The summed E-state index contributed by atoms with van der Waals surface area (Å²) in [7, 11) is 1.30. The third kappa shape index (κ3) is 10.3. The number of phenols is 2. The number of guanidine groups is 1. The summed E-state index contributed by atoms with van der Waals surface area (Å²) in [5, 5.41) is 44.6. The molecular weight excluding hydrogens is 480 g/mol. The number of aliphatic hydroxyl groups is 1. The number of aromatic hydroxyl groups is 2. The highest BCUT2D eigenvalue weighted by Gasteiger charge is 2.28. The highest BCUT2D eigenvalue weighted by molar-refractivity contribution is 5.90. The molecular formula is C25H36N6O6. The van der Waals surface area contributed by atoms with Gasteiger partial charge in [0, 0.05) is 13.7 Å². The summed E-state index contributed by atoms with van der Waals surface area (Å²) in [4.78, 5) is 26.0. The van der Waals surface area contributed by atoms with Crippen molar-refractivity contribution in [2.45, 2.75) is 50.1 Å². The van der Waals surface area contributed by atoms with E-state index < -0.39 is 36.2 Å². The van der Waals surface area contributed by atoms with Gasteiger partial charge in [-0.25, -0.2) is 0 Å². The SMILES string of the molecule is COC(O)C(Cc1ccc(O)cc1)NC(=O)C(CCCNC(=N)N)NC(=O)C(N)Cc1ccc(O)cc1. The molecule has 0 spiro atoms. The quantitative estimate of drug-likeness (QED) is 0.0677. The van der Waals surface area contributed by atoms with Crippen LogP contribution in [0.4, 0.5) is 0 Å². The van der Waals surface area contributed by atoms with Gasteiger partial charge in [0.25, 0.3) is 0 Å². The lowest BCUT2D eigenvalue weighted by Gasteiger charge is -2.27. The Bertz CT molecular complexity index is 1020. The van der Waals surface area contributed by atoms with Crippen LogP contribution < -0.4 is 27.4 Å². The number of methoxy groups -OCH3 is 1. The van der Waals surface area contributed by atoms with Crippen LogP contribution >= 0.6 is 0 Å². The van der Waals surface area contributed by atoms with Crippen LogP contribution in [0.1, 0.15) is 24.0 Å². The van der Waals surface area contributed by atoms with Crippen LogP contribution in [0.25, 0.3) is 0 Å². The first kappa shape index (κ1) is 29.4. The number of hydrogen-bond donors (Lipinski definition) is 9. The molecule has 11 N–H and O–H groups in total. The number of nitrogens with two attached hydrogens (primary N) is 2. The predicted octanol–water partition coefficient (Wildman–Crippen LogP) is -0.592. The van der Waals surface area contributed by atoms with E-state index >= 15 is 0 Å². The molecule has 12 nitrogen and oxygen atoms in total. The molecule has 0 bridgehead atoms. The number of phenolic OH excluding ortho intramolecular Hbond substituents is 2. The van der Waals surface area contributed by atoms with Gasteiger partial charge in [-0.05, 0) is 61.1 Å². The lowest BCUT2D eigenvalue weighted by Crippen LogP contribution is -2.56. The molecule has 202 valence electrons. The second-order valence-electron chi connectivity index (χ2n) is 8.63. The van der Waals surface area contributed by atoms with Crippen molar-refractivity contribution in [3.63, 3.8) is 0 Å². The number of carbonyl (C=O) groups excluding carboxylic acids is 2. The largest absolute Gasteiger partial charge is 0.508 e. The van der Waals surface area contributed by atoms with Gasteiger partial charge in [0.2, 0.25) is 11.8 Å². The maximum Gasteiger partial charge on any atom is 0.242 e. The zero-order valence-corrected chi connectivity index (χ0v) is 20.7. The summed E-state index contributed by atoms with van der Waals surface area (Å²) in [6.45, 7) is 0.312. The molecule has 0 aromatic heterocycles. The molecule has 2 aromatic carbocycles. The summed E-state index contributed by atoms with van der Waals surface area (Å²) < 4.78 is 5.03. The fourth-order valence-electron chi connectivity index (χ4n) is 3.61. The van der Waals surface area contributed by atoms with Crippen LogP contribution in [0.2, 0.25) is 0 Å². The molecule has 0 saturated carbocycles. The fraction of sp³-hybridized carbons (Fsp3) is 0.400. The number of aliphatic hydroxyl groups excluding tert-OH is 1. The van der Waals surface area contributed by atoms with Crippen LogP contribution in [0, 0.1) is 5.41 Å². The molecule has 2 rings (SSSR count). The Balaban J connectivity index is 2.10. The minimum Gasteiger partial charge on any atom is -0.508 e. The highest BCUT2D eigenvalue weighted by Crippen LogP contribution is 2.14. The standard InChI is InChI=1S/C25H36N6O6/c1-37-24(36)21(14-16-6-10-18(33)11-7-16)31-23(35)20(3-2-12-29-25(27)28)30-22(34)19(26)13-15-4-8-17(32)9-5-15/h4-11,19-21,24,32-33,36H,2-3,12-14,26H2,1H3,(H,30,34)(H,31,35)(H4,27,28,29).